The van der Waals surface area contributed by atoms with Crippen molar-refractivity contribution in [1.82, 2.24) is 14.7 Å². The molecule has 174 valence electrons. The Labute approximate surface area is 196 Å². The SMILES string of the molecule is CC(=O)N1CC(C(=O)N2Cc3ccccc3NCC[C@@H]3CC[C@H](C2)N3Cc2ccccc2)C1. The lowest BCUT2D eigenvalue weighted by Gasteiger charge is -2.41. The maximum absolute atomic E-state index is 13.6. The maximum Gasteiger partial charge on any atom is 0.229 e. The number of hydrogen-bond donors (Lipinski definition) is 1. The van der Waals surface area contributed by atoms with Gasteiger partial charge in [-0.3, -0.25) is 14.5 Å². The predicted octanol–water partition coefficient (Wildman–Crippen LogP) is 3.34. The number of hydrogen-bond acceptors (Lipinski definition) is 4. The standard InChI is InChI=1S/C27H34N4O2/c1-20(32)29-17-23(18-29)27(33)30-16-22-9-5-6-10-26(22)28-14-13-24-11-12-25(19-30)31(24)15-21-7-3-2-4-8-21/h2-10,23-25,28H,11-19H2,1H3/t24-,25+/m0/s1. The van der Waals surface area contributed by atoms with Crippen LogP contribution in [-0.2, 0) is 22.7 Å². The normalized spacial score (nSPS) is 23.8. The van der Waals surface area contributed by atoms with E-state index < -0.39 is 0 Å². The third-order valence-electron chi connectivity index (χ3n) is 7.57. The minimum Gasteiger partial charge on any atom is -0.385 e. The van der Waals surface area contributed by atoms with E-state index in [-0.39, 0.29) is 17.7 Å². The van der Waals surface area contributed by atoms with Crippen LogP contribution in [0.2, 0.25) is 0 Å². The lowest BCUT2D eigenvalue weighted by molar-refractivity contribution is -0.148. The Morgan fingerprint density at radius 3 is 2.39 bits per heavy atom. The van der Waals surface area contributed by atoms with E-state index in [2.05, 4.69) is 69.7 Å². The fraction of sp³-hybridized carbons (Fsp3) is 0.481. The van der Waals surface area contributed by atoms with Gasteiger partial charge in [-0.2, -0.15) is 0 Å². The van der Waals surface area contributed by atoms with Crippen LogP contribution in [0, 0.1) is 5.92 Å². The first-order chi connectivity index (χ1) is 16.1. The van der Waals surface area contributed by atoms with Gasteiger partial charge >= 0.3 is 0 Å². The molecule has 0 radical (unpaired) electrons. The Hall–Kier alpha value is -2.86. The number of rotatable bonds is 3. The number of likely N-dealkylation sites (tertiary alicyclic amines) is 1. The first kappa shape index (κ1) is 22.0. The molecule has 33 heavy (non-hydrogen) atoms. The summed E-state index contributed by atoms with van der Waals surface area (Å²) >= 11 is 0. The second kappa shape index (κ2) is 9.56. The van der Waals surface area contributed by atoms with E-state index in [0.29, 0.717) is 31.7 Å². The fourth-order valence-corrected chi connectivity index (χ4v) is 5.62. The van der Waals surface area contributed by atoms with E-state index in [0.717, 1.165) is 38.2 Å². The molecule has 2 saturated heterocycles. The van der Waals surface area contributed by atoms with Gasteiger partial charge in [-0.25, -0.2) is 0 Å². The summed E-state index contributed by atoms with van der Waals surface area (Å²) in [5.74, 6) is 0.155. The molecular weight excluding hydrogens is 412 g/mol. The van der Waals surface area contributed by atoms with E-state index in [4.69, 9.17) is 0 Å². The van der Waals surface area contributed by atoms with Crippen molar-refractivity contribution in [2.24, 2.45) is 5.92 Å². The summed E-state index contributed by atoms with van der Waals surface area (Å²) in [5, 5.41) is 3.65. The van der Waals surface area contributed by atoms with Crippen LogP contribution in [-0.4, -0.2) is 64.8 Å². The topological polar surface area (TPSA) is 55.9 Å². The van der Waals surface area contributed by atoms with Gasteiger partial charge in [0.15, 0.2) is 0 Å². The molecule has 2 fully saturated rings. The quantitative estimate of drug-likeness (QED) is 0.786. The minimum atomic E-state index is -0.0843. The molecule has 3 heterocycles. The molecule has 2 bridgehead atoms. The monoisotopic (exact) mass is 446 g/mol. The molecular formula is C27H34N4O2. The van der Waals surface area contributed by atoms with Crippen LogP contribution in [0.15, 0.2) is 54.6 Å². The molecule has 0 unspecified atom stereocenters. The van der Waals surface area contributed by atoms with Crippen molar-refractivity contribution < 1.29 is 9.59 Å². The lowest BCUT2D eigenvalue weighted by atomic mass is 9.97. The zero-order valence-corrected chi connectivity index (χ0v) is 19.5. The van der Waals surface area contributed by atoms with Crippen LogP contribution in [0.5, 0.6) is 0 Å². The molecule has 0 aliphatic carbocycles. The number of nitrogens with one attached hydrogen (secondary N) is 1. The molecule has 0 aromatic heterocycles. The molecule has 2 aromatic carbocycles. The van der Waals surface area contributed by atoms with Crippen molar-refractivity contribution in [3.8, 4) is 0 Å². The summed E-state index contributed by atoms with van der Waals surface area (Å²) in [7, 11) is 0. The number of para-hydroxylation sites is 1. The fourth-order valence-electron chi connectivity index (χ4n) is 5.62. The highest BCUT2D eigenvalue weighted by Gasteiger charge is 2.40. The van der Waals surface area contributed by atoms with Crippen LogP contribution >= 0.6 is 0 Å². The molecule has 2 amide bonds. The Morgan fingerprint density at radius 1 is 0.879 bits per heavy atom. The summed E-state index contributed by atoms with van der Waals surface area (Å²) in [6, 6.07) is 19.9. The predicted molar refractivity (Wildman–Crippen MR) is 130 cm³/mol. The maximum atomic E-state index is 13.6. The summed E-state index contributed by atoms with van der Waals surface area (Å²) in [5.41, 5.74) is 3.62. The number of carbonyl (C=O) groups is 2. The van der Waals surface area contributed by atoms with Crippen LogP contribution in [0.25, 0.3) is 0 Å². The van der Waals surface area contributed by atoms with Gasteiger partial charge in [0.2, 0.25) is 11.8 Å². The molecule has 3 aliphatic heterocycles. The summed E-state index contributed by atoms with van der Waals surface area (Å²) in [6.07, 6.45) is 3.39. The molecule has 2 atom stereocenters. The Morgan fingerprint density at radius 2 is 1.61 bits per heavy atom. The van der Waals surface area contributed by atoms with Crippen molar-refractivity contribution in [3.63, 3.8) is 0 Å². The molecule has 2 aromatic rings. The third-order valence-corrected chi connectivity index (χ3v) is 7.57. The number of fused-ring (bicyclic) bond motifs is 3. The number of carbonyl (C=O) groups excluding carboxylic acids is 2. The van der Waals surface area contributed by atoms with Crippen LogP contribution in [0.1, 0.15) is 37.3 Å². The molecule has 0 spiro atoms. The minimum absolute atomic E-state index is 0.0544. The molecule has 1 N–H and O–H groups in total. The van der Waals surface area contributed by atoms with Crippen molar-refractivity contribution >= 4 is 17.5 Å². The van der Waals surface area contributed by atoms with Gasteiger partial charge in [0.05, 0.1) is 5.92 Å². The van der Waals surface area contributed by atoms with Crippen molar-refractivity contribution in [2.45, 2.75) is 51.4 Å². The first-order valence-electron chi connectivity index (χ1n) is 12.2. The molecule has 3 aliphatic rings. The lowest BCUT2D eigenvalue weighted by Crippen LogP contribution is -2.57. The van der Waals surface area contributed by atoms with Crippen molar-refractivity contribution in [2.75, 3.05) is 31.5 Å². The Balaban J connectivity index is 1.40. The first-order valence-corrected chi connectivity index (χ1v) is 12.2. The summed E-state index contributed by atoms with van der Waals surface area (Å²) in [4.78, 5) is 31.7. The van der Waals surface area contributed by atoms with Crippen molar-refractivity contribution in [1.29, 1.82) is 0 Å². The Kier molecular flexibility index (Phi) is 6.36. The second-order valence-corrected chi connectivity index (χ2v) is 9.76. The van der Waals surface area contributed by atoms with E-state index in [9.17, 15) is 9.59 Å². The highest BCUT2D eigenvalue weighted by molar-refractivity contribution is 5.84. The van der Waals surface area contributed by atoms with Gasteiger partial charge in [0, 0.05) is 64.0 Å². The number of benzene rings is 2. The van der Waals surface area contributed by atoms with Crippen LogP contribution < -0.4 is 5.32 Å². The van der Waals surface area contributed by atoms with Gasteiger partial charge in [0.25, 0.3) is 0 Å². The van der Waals surface area contributed by atoms with Gasteiger partial charge < -0.3 is 15.1 Å². The average molecular weight is 447 g/mol. The summed E-state index contributed by atoms with van der Waals surface area (Å²) < 4.78 is 0. The second-order valence-electron chi connectivity index (χ2n) is 9.76. The molecule has 6 nitrogen and oxygen atoms in total. The van der Waals surface area contributed by atoms with Gasteiger partial charge in [-0.15, -0.1) is 0 Å². The zero-order chi connectivity index (χ0) is 22.8. The molecule has 5 rings (SSSR count). The number of nitrogens with zero attached hydrogens (tertiary/aromatic N) is 3. The largest absolute Gasteiger partial charge is 0.385 e. The van der Waals surface area contributed by atoms with Gasteiger partial charge in [0.1, 0.15) is 0 Å². The highest BCUT2D eigenvalue weighted by atomic mass is 16.2. The Bertz CT molecular complexity index is 989. The zero-order valence-electron chi connectivity index (χ0n) is 19.5. The van der Waals surface area contributed by atoms with E-state index in [1.54, 1.807) is 11.8 Å². The van der Waals surface area contributed by atoms with Crippen molar-refractivity contribution in [3.05, 3.63) is 65.7 Å². The number of amides is 2. The van der Waals surface area contributed by atoms with E-state index in [1.807, 2.05) is 0 Å². The van der Waals surface area contributed by atoms with E-state index >= 15 is 0 Å². The third kappa shape index (κ3) is 4.76. The molecule has 0 saturated carbocycles. The average Bonchev–Trinajstić information content (AvgIpc) is 3.13. The van der Waals surface area contributed by atoms with Gasteiger partial charge in [-0.1, -0.05) is 48.5 Å². The molecule has 6 heteroatoms. The van der Waals surface area contributed by atoms with Crippen LogP contribution in [0.3, 0.4) is 0 Å². The van der Waals surface area contributed by atoms with E-state index in [1.165, 1.54) is 17.5 Å². The smallest absolute Gasteiger partial charge is 0.229 e. The number of anilines is 1. The summed E-state index contributed by atoms with van der Waals surface area (Å²) in [6.45, 7) is 5.88. The van der Waals surface area contributed by atoms with Gasteiger partial charge in [-0.05, 0) is 36.5 Å². The highest BCUT2D eigenvalue weighted by Crippen LogP contribution is 2.32. The van der Waals surface area contributed by atoms with Crippen LogP contribution in [0.4, 0.5) is 5.69 Å².